The molecule has 0 bridgehead atoms. The Morgan fingerprint density at radius 2 is 1.92 bits per heavy atom. The van der Waals surface area contributed by atoms with Gasteiger partial charge in [0.05, 0.1) is 13.7 Å². The van der Waals surface area contributed by atoms with Gasteiger partial charge in [0.1, 0.15) is 5.75 Å². The quantitative estimate of drug-likeness (QED) is 0.792. The van der Waals surface area contributed by atoms with Crippen molar-refractivity contribution in [1.29, 1.82) is 0 Å². The van der Waals surface area contributed by atoms with Gasteiger partial charge in [-0.15, -0.1) is 0 Å². The topological polar surface area (TPSA) is 21.7 Å². The average molecular weight is 349 g/mol. The summed E-state index contributed by atoms with van der Waals surface area (Å²) in [6, 6.07) is 15.0. The van der Waals surface area contributed by atoms with E-state index in [9.17, 15) is 0 Å². The van der Waals surface area contributed by atoms with Crippen molar-refractivity contribution in [2.45, 2.75) is 38.3 Å². The van der Waals surface area contributed by atoms with Crippen molar-refractivity contribution in [3.05, 3.63) is 65.2 Å². The molecule has 136 valence electrons. The van der Waals surface area contributed by atoms with Crippen molar-refractivity contribution in [3.63, 3.8) is 0 Å². The molecular weight excluding hydrogens is 322 g/mol. The second kappa shape index (κ2) is 6.17. The standard InChI is InChI=1S/C23H27NO2/c1-5-17-8-11-21-20(16-17)22(2,3)23(24(21)14-15-26-23)13-12-18-6-9-19(25-4)10-7-18/h6-13,16H,5,14-15H2,1-4H3. The van der Waals surface area contributed by atoms with Crippen LogP contribution in [0.2, 0.25) is 0 Å². The van der Waals surface area contributed by atoms with Crippen LogP contribution in [-0.4, -0.2) is 26.0 Å². The van der Waals surface area contributed by atoms with Crippen molar-refractivity contribution in [2.24, 2.45) is 0 Å². The molecule has 2 aliphatic heterocycles. The third kappa shape index (κ3) is 2.38. The molecule has 26 heavy (non-hydrogen) atoms. The molecule has 3 heteroatoms. The first kappa shape index (κ1) is 17.2. The van der Waals surface area contributed by atoms with Gasteiger partial charge < -0.3 is 14.4 Å². The van der Waals surface area contributed by atoms with Crippen molar-refractivity contribution >= 4 is 11.8 Å². The van der Waals surface area contributed by atoms with Gasteiger partial charge in [-0.25, -0.2) is 0 Å². The highest BCUT2D eigenvalue weighted by molar-refractivity contribution is 5.70. The molecule has 2 aliphatic rings. The van der Waals surface area contributed by atoms with Gasteiger partial charge in [0.15, 0.2) is 5.72 Å². The molecule has 0 spiro atoms. The maximum atomic E-state index is 6.42. The molecule has 2 aromatic carbocycles. The largest absolute Gasteiger partial charge is 0.497 e. The van der Waals surface area contributed by atoms with Crippen molar-refractivity contribution in [2.75, 3.05) is 25.2 Å². The van der Waals surface area contributed by atoms with Crippen LogP contribution in [0, 0.1) is 0 Å². The highest BCUT2D eigenvalue weighted by Crippen LogP contribution is 2.55. The van der Waals surface area contributed by atoms with Crippen LogP contribution < -0.4 is 9.64 Å². The fourth-order valence-electron chi connectivity index (χ4n) is 4.36. The lowest BCUT2D eigenvalue weighted by atomic mass is 9.76. The molecule has 1 unspecified atom stereocenters. The lowest BCUT2D eigenvalue weighted by Crippen LogP contribution is -2.51. The number of hydrogen-bond acceptors (Lipinski definition) is 3. The second-order valence-corrected chi connectivity index (χ2v) is 7.63. The Labute approximate surface area is 156 Å². The first-order valence-corrected chi connectivity index (χ1v) is 9.40. The first-order chi connectivity index (χ1) is 12.5. The zero-order chi connectivity index (χ0) is 18.4. The molecular formula is C23H27NO2. The van der Waals surface area contributed by atoms with Crippen LogP contribution in [0.5, 0.6) is 5.75 Å². The van der Waals surface area contributed by atoms with E-state index < -0.39 is 5.72 Å². The van der Waals surface area contributed by atoms with E-state index in [1.165, 1.54) is 16.8 Å². The predicted molar refractivity (Wildman–Crippen MR) is 107 cm³/mol. The van der Waals surface area contributed by atoms with Crippen LogP contribution in [0.15, 0.2) is 48.5 Å². The SMILES string of the molecule is CCc1ccc2c(c1)C(C)(C)C1(C=Cc3ccc(OC)cc3)OCCN21. The van der Waals surface area contributed by atoms with Crippen molar-refractivity contribution < 1.29 is 9.47 Å². The minimum atomic E-state index is -0.429. The summed E-state index contributed by atoms with van der Waals surface area (Å²) in [6.07, 6.45) is 5.47. The van der Waals surface area contributed by atoms with Crippen LogP contribution in [0.3, 0.4) is 0 Å². The van der Waals surface area contributed by atoms with Crippen LogP contribution in [-0.2, 0) is 16.6 Å². The summed E-state index contributed by atoms with van der Waals surface area (Å²) in [4.78, 5) is 2.43. The number of rotatable bonds is 4. The maximum absolute atomic E-state index is 6.42. The summed E-state index contributed by atoms with van der Waals surface area (Å²) in [7, 11) is 1.69. The van der Waals surface area contributed by atoms with E-state index in [2.05, 4.69) is 68.2 Å². The number of benzene rings is 2. The number of aryl methyl sites for hydroxylation is 1. The number of ether oxygens (including phenoxy) is 2. The summed E-state index contributed by atoms with van der Waals surface area (Å²) < 4.78 is 11.7. The Morgan fingerprint density at radius 1 is 1.15 bits per heavy atom. The summed E-state index contributed by atoms with van der Waals surface area (Å²) in [5, 5.41) is 0. The Bertz CT molecular complexity index is 838. The monoisotopic (exact) mass is 349 g/mol. The van der Waals surface area contributed by atoms with Gasteiger partial charge in [-0.1, -0.05) is 51.1 Å². The van der Waals surface area contributed by atoms with Gasteiger partial charge in [0.25, 0.3) is 0 Å². The molecule has 0 saturated carbocycles. The summed E-state index contributed by atoms with van der Waals surface area (Å²) >= 11 is 0. The van der Waals surface area contributed by atoms with Crippen LogP contribution in [0.1, 0.15) is 37.5 Å². The molecule has 0 aliphatic carbocycles. The third-order valence-corrected chi connectivity index (χ3v) is 5.98. The normalized spacial score (nSPS) is 23.3. The second-order valence-electron chi connectivity index (χ2n) is 7.63. The van der Waals surface area contributed by atoms with E-state index in [1.807, 2.05) is 12.1 Å². The van der Waals surface area contributed by atoms with Gasteiger partial charge in [-0.05, 0) is 47.4 Å². The number of methoxy groups -OCH3 is 1. The van der Waals surface area contributed by atoms with Crippen LogP contribution in [0.4, 0.5) is 5.69 Å². The van der Waals surface area contributed by atoms with E-state index in [4.69, 9.17) is 9.47 Å². The molecule has 0 aromatic heterocycles. The zero-order valence-electron chi connectivity index (χ0n) is 16.1. The summed E-state index contributed by atoms with van der Waals surface area (Å²) in [6.45, 7) is 8.49. The molecule has 0 radical (unpaired) electrons. The Hall–Kier alpha value is -2.26. The van der Waals surface area contributed by atoms with Crippen LogP contribution in [0.25, 0.3) is 6.08 Å². The minimum absolute atomic E-state index is 0.118. The molecule has 3 nitrogen and oxygen atoms in total. The van der Waals surface area contributed by atoms with Gasteiger partial charge in [-0.3, -0.25) is 0 Å². The van der Waals surface area contributed by atoms with Gasteiger partial charge in [0.2, 0.25) is 0 Å². The number of anilines is 1. The molecule has 1 atom stereocenters. The van der Waals surface area contributed by atoms with E-state index >= 15 is 0 Å². The summed E-state index contributed by atoms with van der Waals surface area (Å²) in [5.41, 5.74) is 4.68. The van der Waals surface area contributed by atoms with Gasteiger partial charge >= 0.3 is 0 Å². The number of hydrogen-bond donors (Lipinski definition) is 0. The highest BCUT2D eigenvalue weighted by atomic mass is 16.5. The average Bonchev–Trinajstić information content (AvgIpc) is 3.17. The minimum Gasteiger partial charge on any atom is -0.497 e. The van der Waals surface area contributed by atoms with Gasteiger partial charge in [-0.2, -0.15) is 0 Å². The Morgan fingerprint density at radius 3 is 2.62 bits per heavy atom. The highest BCUT2D eigenvalue weighted by Gasteiger charge is 2.59. The van der Waals surface area contributed by atoms with E-state index in [-0.39, 0.29) is 5.41 Å². The van der Waals surface area contributed by atoms with E-state index in [0.29, 0.717) is 0 Å². The Balaban J connectivity index is 1.75. The molecule has 2 heterocycles. The predicted octanol–water partition coefficient (Wildman–Crippen LogP) is 4.80. The smallest absolute Gasteiger partial charge is 0.170 e. The number of nitrogens with zero attached hydrogens (tertiary/aromatic N) is 1. The molecule has 0 N–H and O–H groups in total. The van der Waals surface area contributed by atoms with Crippen molar-refractivity contribution in [3.8, 4) is 5.75 Å². The molecule has 1 saturated heterocycles. The summed E-state index contributed by atoms with van der Waals surface area (Å²) in [5.74, 6) is 0.875. The van der Waals surface area contributed by atoms with E-state index in [0.717, 1.165) is 30.9 Å². The van der Waals surface area contributed by atoms with E-state index in [1.54, 1.807) is 7.11 Å². The molecule has 2 aromatic rings. The zero-order valence-corrected chi connectivity index (χ0v) is 16.1. The molecule has 1 fully saturated rings. The fourth-order valence-corrected chi connectivity index (χ4v) is 4.36. The number of fused-ring (bicyclic) bond motifs is 3. The van der Waals surface area contributed by atoms with Crippen molar-refractivity contribution in [1.82, 2.24) is 0 Å². The fraction of sp³-hybridized carbons (Fsp3) is 0.391. The molecule has 4 rings (SSSR count). The molecule has 0 amide bonds. The maximum Gasteiger partial charge on any atom is 0.170 e. The van der Waals surface area contributed by atoms with Gasteiger partial charge in [0, 0.05) is 17.6 Å². The lowest BCUT2D eigenvalue weighted by molar-refractivity contribution is 0.000325. The third-order valence-electron chi connectivity index (χ3n) is 5.98. The lowest BCUT2D eigenvalue weighted by Gasteiger charge is -2.39. The van der Waals surface area contributed by atoms with Crippen LogP contribution >= 0.6 is 0 Å². The first-order valence-electron chi connectivity index (χ1n) is 9.40. The Kier molecular flexibility index (Phi) is 4.07.